The number of rotatable bonds is 4. The van der Waals surface area contributed by atoms with Crippen molar-refractivity contribution in [3.8, 4) is 0 Å². The number of hydrogen-bond donors (Lipinski definition) is 1. The Hall–Kier alpha value is -1.26. The summed E-state index contributed by atoms with van der Waals surface area (Å²) in [5.74, 6) is 0. The van der Waals surface area contributed by atoms with Crippen molar-refractivity contribution in [2.24, 2.45) is 0 Å². The van der Waals surface area contributed by atoms with Gasteiger partial charge in [0.25, 0.3) is 0 Å². The van der Waals surface area contributed by atoms with E-state index >= 15 is 0 Å². The predicted octanol–water partition coefficient (Wildman–Crippen LogP) is 2.35. The molecule has 1 aromatic carbocycles. The molecule has 0 amide bonds. The molecule has 84 valence electrons. The molecular formula is C12H15N3S. The zero-order valence-corrected chi connectivity index (χ0v) is 10.3. The Bertz CT molecular complexity index is 439. The summed E-state index contributed by atoms with van der Waals surface area (Å²) >= 11 is 1.48. The van der Waals surface area contributed by atoms with Crippen LogP contribution in [0.3, 0.4) is 0 Å². The van der Waals surface area contributed by atoms with Crippen LogP contribution in [0.15, 0.2) is 30.3 Å². The summed E-state index contributed by atoms with van der Waals surface area (Å²) in [6.07, 6.45) is 0.974. The van der Waals surface area contributed by atoms with E-state index in [-0.39, 0.29) is 0 Å². The van der Waals surface area contributed by atoms with Gasteiger partial charge in [-0.1, -0.05) is 34.8 Å². The first-order chi connectivity index (χ1) is 7.81. The molecule has 0 spiro atoms. The molecule has 1 atom stereocenters. The Morgan fingerprint density at radius 1 is 1.31 bits per heavy atom. The number of aromatic nitrogens is 2. The van der Waals surface area contributed by atoms with Crippen molar-refractivity contribution >= 4 is 11.5 Å². The summed E-state index contributed by atoms with van der Waals surface area (Å²) < 4.78 is 3.98. The van der Waals surface area contributed by atoms with Gasteiger partial charge in [0, 0.05) is 6.04 Å². The lowest BCUT2D eigenvalue weighted by Gasteiger charge is -2.14. The van der Waals surface area contributed by atoms with Gasteiger partial charge in [0.1, 0.15) is 0 Å². The zero-order chi connectivity index (χ0) is 11.4. The highest BCUT2D eigenvalue weighted by Crippen LogP contribution is 2.23. The van der Waals surface area contributed by atoms with E-state index in [0.717, 1.165) is 12.1 Å². The molecule has 16 heavy (non-hydrogen) atoms. The van der Waals surface area contributed by atoms with Gasteiger partial charge in [-0.25, -0.2) is 0 Å². The quantitative estimate of drug-likeness (QED) is 0.881. The minimum atomic E-state index is 0.308. The van der Waals surface area contributed by atoms with Crippen molar-refractivity contribution in [1.29, 1.82) is 0 Å². The fourth-order valence-corrected chi connectivity index (χ4v) is 2.49. The van der Waals surface area contributed by atoms with Gasteiger partial charge >= 0.3 is 0 Å². The molecule has 0 fully saturated rings. The molecule has 0 radical (unpaired) electrons. The second-order valence-corrected chi connectivity index (χ2v) is 4.54. The standard InChI is InChI=1S/C12H15N3S/c1-9-12(16-15-14-9)11(13-2)8-10-6-4-3-5-7-10/h3-7,11,13H,8H2,1-2H3. The monoisotopic (exact) mass is 233 g/mol. The Kier molecular flexibility index (Phi) is 3.64. The third kappa shape index (κ3) is 2.46. The van der Waals surface area contributed by atoms with Crippen molar-refractivity contribution < 1.29 is 0 Å². The summed E-state index contributed by atoms with van der Waals surface area (Å²) in [5.41, 5.74) is 2.36. The van der Waals surface area contributed by atoms with E-state index in [4.69, 9.17) is 0 Å². The van der Waals surface area contributed by atoms with Crippen molar-refractivity contribution in [2.75, 3.05) is 7.05 Å². The van der Waals surface area contributed by atoms with Gasteiger partial charge in [-0.05, 0) is 37.5 Å². The van der Waals surface area contributed by atoms with E-state index < -0.39 is 0 Å². The van der Waals surface area contributed by atoms with Crippen molar-refractivity contribution in [3.63, 3.8) is 0 Å². The maximum atomic E-state index is 4.06. The van der Waals surface area contributed by atoms with Gasteiger partial charge in [-0.3, -0.25) is 0 Å². The molecule has 0 aliphatic carbocycles. The average Bonchev–Trinajstić information content (AvgIpc) is 2.74. The number of benzene rings is 1. The highest BCUT2D eigenvalue weighted by atomic mass is 32.1. The molecule has 4 heteroatoms. The van der Waals surface area contributed by atoms with Crippen LogP contribution in [-0.2, 0) is 6.42 Å². The lowest BCUT2D eigenvalue weighted by molar-refractivity contribution is 0.597. The highest BCUT2D eigenvalue weighted by molar-refractivity contribution is 7.05. The number of nitrogens with zero attached hydrogens (tertiary/aromatic N) is 2. The van der Waals surface area contributed by atoms with Gasteiger partial charge in [0.05, 0.1) is 10.6 Å². The molecule has 0 aliphatic heterocycles. The smallest absolute Gasteiger partial charge is 0.0772 e. The molecule has 0 saturated carbocycles. The van der Waals surface area contributed by atoms with E-state index in [0.29, 0.717) is 6.04 Å². The first kappa shape index (κ1) is 11.2. The van der Waals surface area contributed by atoms with E-state index in [9.17, 15) is 0 Å². The molecule has 1 aromatic heterocycles. The van der Waals surface area contributed by atoms with E-state index in [1.807, 2.05) is 20.0 Å². The molecule has 0 aliphatic rings. The van der Waals surface area contributed by atoms with Crippen molar-refractivity contribution in [3.05, 3.63) is 46.5 Å². The largest absolute Gasteiger partial charge is 0.312 e. The lowest BCUT2D eigenvalue weighted by atomic mass is 10.0. The van der Waals surface area contributed by atoms with Gasteiger partial charge in [0.15, 0.2) is 0 Å². The summed E-state index contributed by atoms with van der Waals surface area (Å²) in [6, 6.07) is 10.8. The van der Waals surface area contributed by atoms with E-state index in [2.05, 4.69) is 39.2 Å². The predicted molar refractivity (Wildman–Crippen MR) is 66.6 cm³/mol. The van der Waals surface area contributed by atoms with Crippen LogP contribution < -0.4 is 5.32 Å². The van der Waals surface area contributed by atoms with Crippen molar-refractivity contribution in [2.45, 2.75) is 19.4 Å². The second-order valence-electron chi connectivity index (χ2n) is 3.75. The van der Waals surface area contributed by atoms with Crippen LogP contribution in [0.4, 0.5) is 0 Å². The van der Waals surface area contributed by atoms with Gasteiger partial charge in [-0.15, -0.1) is 5.10 Å². The molecule has 1 unspecified atom stereocenters. The van der Waals surface area contributed by atoms with Gasteiger partial charge < -0.3 is 5.32 Å². The summed E-state index contributed by atoms with van der Waals surface area (Å²) in [6.45, 7) is 2.01. The fraction of sp³-hybridized carbons (Fsp3) is 0.333. The van der Waals surface area contributed by atoms with Crippen LogP contribution in [-0.4, -0.2) is 16.6 Å². The first-order valence-corrected chi connectivity index (χ1v) is 6.08. The van der Waals surface area contributed by atoms with Gasteiger partial charge in [-0.2, -0.15) is 0 Å². The molecule has 1 N–H and O–H groups in total. The number of hydrogen-bond acceptors (Lipinski definition) is 4. The van der Waals surface area contributed by atoms with Gasteiger partial charge in [0.2, 0.25) is 0 Å². The summed E-state index contributed by atoms with van der Waals surface area (Å²) in [7, 11) is 1.98. The fourth-order valence-electron chi connectivity index (χ4n) is 1.73. The molecule has 1 heterocycles. The topological polar surface area (TPSA) is 37.8 Å². The second kappa shape index (κ2) is 5.18. The minimum absolute atomic E-state index is 0.308. The first-order valence-electron chi connectivity index (χ1n) is 5.31. The number of aryl methyl sites for hydroxylation is 1. The van der Waals surface area contributed by atoms with Crippen molar-refractivity contribution in [1.82, 2.24) is 14.9 Å². The Morgan fingerprint density at radius 2 is 2.06 bits per heavy atom. The van der Waals surface area contributed by atoms with E-state index in [1.54, 1.807) is 0 Å². The summed E-state index contributed by atoms with van der Waals surface area (Å²) in [4.78, 5) is 1.23. The van der Waals surface area contributed by atoms with Crippen LogP contribution >= 0.6 is 11.5 Å². The Morgan fingerprint density at radius 3 is 2.62 bits per heavy atom. The Balaban J connectivity index is 2.16. The molecule has 0 saturated heterocycles. The molecule has 3 nitrogen and oxygen atoms in total. The van der Waals surface area contributed by atoms with E-state index in [1.165, 1.54) is 22.0 Å². The van der Waals surface area contributed by atoms with Crippen LogP contribution in [0.2, 0.25) is 0 Å². The average molecular weight is 233 g/mol. The van der Waals surface area contributed by atoms with Crippen LogP contribution in [0, 0.1) is 6.92 Å². The van der Waals surface area contributed by atoms with Crippen LogP contribution in [0.5, 0.6) is 0 Å². The maximum Gasteiger partial charge on any atom is 0.0772 e. The number of likely N-dealkylation sites (N-methyl/N-ethyl adjacent to an activating group) is 1. The maximum absolute atomic E-state index is 4.06. The SMILES string of the molecule is CNC(Cc1ccccc1)c1snnc1C. The zero-order valence-electron chi connectivity index (χ0n) is 9.47. The molecular weight excluding hydrogens is 218 g/mol. The number of nitrogens with one attached hydrogen (secondary N) is 1. The highest BCUT2D eigenvalue weighted by Gasteiger charge is 2.15. The molecule has 2 aromatic rings. The third-order valence-corrected chi connectivity index (χ3v) is 3.57. The summed E-state index contributed by atoms with van der Waals surface area (Å²) in [5, 5.41) is 7.38. The molecule has 2 rings (SSSR count). The lowest BCUT2D eigenvalue weighted by Crippen LogP contribution is -2.18. The Labute approximate surface area is 99.7 Å². The van der Waals surface area contributed by atoms with Crippen LogP contribution in [0.1, 0.15) is 22.2 Å². The normalized spacial score (nSPS) is 12.6. The third-order valence-electron chi connectivity index (χ3n) is 2.63. The minimum Gasteiger partial charge on any atom is -0.312 e. The van der Waals surface area contributed by atoms with Crippen LogP contribution in [0.25, 0.3) is 0 Å². The molecule has 0 bridgehead atoms.